The predicted octanol–water partition coefficient (Wildman–Crippen LogP) is -2.31. The van der Waals surface area contributed by atoms with Crippen LogP contribution >= 0.6 is 8.53 Å². The Labute approximate surface area is 136 Å². The summed E-state index contributed by atoms with van der Waals surface area (Å²) in [4.78, 5) is 31.2. The van der Waals surface area contributed by atoms with Gasteiger partial charge in [-0.25, -0.2) is 4.98 Å². The maximum Gasteiger partial charge on any atom is 0.280 e. The summed E-state index contributed by atoms with van der Waals surface area (Å²) in [5.74, 6) is -0.125. The molecule has 13 heteroatoms. The number of ether oxygens (including phenoxy) is 1. The molecule has 8 N–H and O–H groups in total. The summed E-state index contributed by atoms with van der Waals surface area (Å²) in [6, 6.07) is 0. The van der Waals surface area contributed by atoms with Gasteiger partial charge in [0, 0.05) is 0 Å². The van der Waals surface area contributed by atoms with Crippen LogP contribution in [0.15, 0.2) is 11.1 Å². The first-order valence-corrected chi connectivity index (χ1v) is 8.16. The average molecular weight is 360 g/mol. The fraction of sp³-hybridized carbons (Fsp3) is 0.545. The third-order valence-corrected chi connectivity index (χ3v) is 4.33. The van der Waals surface area contributed by atoms with Gasteiger partial charge in [0.05, 0.1) is 12.9 Å². The molecule has 3 rings (SSSR count). The Hall–Kier alpha value is -1.66. The van der Waals surface area contributed by atoms with E-state index < -0.39 is 38.1 Å². The van der Waals surface area contributed by atoms with Gasteiger partial charge in [0.15, 0.2) is 16.9 Å². The fourth-order valence-electron chi connectivity index (χ4n) is 2.70. The van der Waals surface area contributed by atoms with Gasteiger partial charge in [-0.1, -0.05) is 0 Å². The van der Waals surface area contributed by atoms with Crippen LogP contribution in [0.3, 0.4) is 0 Å². The minimum Gasteiger partial charge on any atom is -0.387 e. The molecule has 12 nitrogen and oxygen atoms in total. The Morgan fingerprint density at radius 3 is 2.96 bits per heavy atom. The Morgan fingerprint density at radius 1 is 1.58 bits per heavy atom. The number of aromatic nitrogens is 4. The van der Waals surface area contributed by atoms with Crippen molar-refractivity contribution in [3.63, 3.8) is 0 Å². The molecule has 1 saturated heterocycles. The van der Waals surface area contributed by atoms with Crippen LogP contribution < -0.4 is 16.8 Å². The van der Waals surface area contributed by atoms with E-state index in [9.17, 15) is 15.0 Å². The summed E-state index contributed by atoms with van der Waals surface area (Å²) in [7, 11) is -2.13. The predicted molar refractivity (Wildman–Crippen MR) is 82.4 cm³/mol. The highest BCUT2D eigenvalue weighted by atomic mass is 31.2. The number of aromatic amines is 1. The van der Waals surface area contributed by atoms with Crippen molar-refractivity contribution in [2.24, 2.45) is 5.50 Å². The molecule has 132 valence electrons. The lowest BCUT2D eigenvalue weighted by Gasteiger charge is -2.29. The van der Waals surface area contributed by atoms with Gasteiger partial charge in [-0.3, -0.25) is 19.8 Å². The van der Waals surface area contributed by atoms with E-state index in [0.29, 0.717) is 0 Å². The third kappa shape index (κ3) is 2.67. The number of nitrogens with two attached hydrogens (primary N) is 2. The lowest BCUT2D eigenvalue weighted by atomic mass is 10.0. The van der Waals surface area contributed by atoms with E-state index in [4.69, 9.17) is 25.4 Å². The van der Waals surface area contributed by atoms with Crippen LogP contribution in [0, 0.1) is 0 Å². The molecular formula is C11H17N6O6P. The molecule has 0 aliphatic carbocycles. The molecule has 0 radical (unpaired) electrons. The minimum atomic E-state index is -2.13. The van der Waals surface area contributed by atoms with Crippen LogP contribution in [0.5, 0.6) is 0 Å². The summed E-state index contributed by atoms with van der Waals surface area (Å²) in [5.41, 5.74) is 8.77. The van der Waals surface area contributed by atoms with Gasteiger partial charge < -0.3 is 30.1 Å². The van der Waals surface area contributed by atoms with E-state index in [-0.39, 0.29) is 23.7 Å². The van der Waals surface area contributed by atoms with Gasteiger partial charge in [0.1, 0.15) is 18.3 Å². The summed E-state index contributed by atoms with van der Waals surface area (Å²) in [6.45, 7) is 1.26. The molecule has 5 atom stereocenters. The van der Waals surface area contributed by atoms with E-state index in [1.165, 1.54) is 17.8 Å². The molecule has 0 saturated carbocycles. The zero-order valence-corrected chi connectivity index (χ0v) is 13.4. The van der Waals surface area contributed by atoms with Crippen molar-refractivity contribution >= 4 is 25.6 Å². The molecule has 2 aromatic rings. The van der Waals surface area contributed by atoms with Gasteiger partial charge in [-0.05, 0) is 6.92 Å². The van der Waals surface area contributed by atoms with E-state index in [0.717, 1.165) is 0 Å². The number of hydrogen-bond donors (Lipinski definition) is 6. The zero-order chi connectivity index (χ0) is 17.6. The van der Waals surface area contributed by atoms with E-state index >= 15 is 0 Å². The Morgan fingerprint density at radius 2 is 2.29 bits per heavy atom. The molecule has 0 bridgehead atoms. The summed E-state index contributed by atoms with van der Waals surface area (Å²) < 4.78 is 11.9. The highest BCUT2D eigenvalue weighted by molar-refractivity contribution is 7.43. The maximum absolute atomic E-state index is 11.9. The van der Waals surface area contributed by atoms with E-state index in [2.05, 4.69) is 15.0 Å². The van der Waals surface area contributed by atoms with Crippen LogP contribution in [0.4, 0.5) is 5.95 Å². The largest absolute Gasteiger partial charge is 0.387 e. The number of aliphatic hydroxyl groups excluding tert-OH is 2. The van der Waals surface area contributed by atoms with Crippen LogP contribution in [-0.4, -0.2) is 59.5 Å². The first-order valence-electron chi connectivity index (χ1n) is 6.88. The highest BCUT2D eigenvalue weighted by Gasteiger charge is 2.53. The van der Waals surface area contributed by atoms with Crippen molar-refractivity contribution in [2.45, 2.75) is 31.0 Å². The van der Waals surface area contributed by atoms with Gasteiger partial charge in [-0.2, -0.15) is 4.98 Å². The summed E-state index contributed by atoms with van der Waals surface area (Å²) in [5, 5.41) is 20.6. The monoisotopic (exact) mass is 360 g/mol. The number of anilines is 1. The first-order chi connectivity index (χ1) is 11.2. The molecule has 1 aliphatic heterocycles. The average Bonchev–Trinajstić information content (AvgIpc) is 3.02. The zero-order valence-electron chi connectivity index (χ0n) is 12.5. The number of rotatable bonds is 4. The molecule has 24 heavy (non-hydrogen) atoms. The molecular weight excluding hydrogens is 343 g/mol. The van der Waals surface area contributed by atoms with Crippen molar-refractivity contribution in [1.29, 1.82) is 0 Å². The second-order valence-electron chi connectivity index (χ2n) is 5.48. The van der Waals surface area contributed by atoms with Gasteiger partial charge in [0.2, 0.25) is 14.5 Å². The Balaban J connectivity index is 2.00. The molecule has 1 unspecified atom stereocenters. The lowest BCUT2D eigenvalue weighted by molar-refractivity contribution is -0.130. The van der Waals surface area contributed by atoms with Crippen LogP contribution in [0.1, 0.15) is 6.92 Å². The van der Waals surface area contributed by atoms with Crippen molar-refractivity contribution < 1.29 is 24.4 Å². The second-order valence-corrected chi connectivity index (χ2v) is 6.35. The topological polar surface area (TPSA) is 195 Å². The normalized spacial score (nSPS) is 31.6. The standard InChI is InChI=1S/C11H17N6O6P/c1-11(7(19)6(18)4(23-11)2-22-24(13)21)17-3-14-5-8(17)15-10(12)16-9(5)20/h3-4,6-7,18-19,21H,2,13H2,1H3,(H3,12,15,16,20)/t4-,6-,7-,11-,24?/m1/s1. The van der Waals surface area contributed by atoms with Crippen molar-refractivity contribution in [3.05, 3.63) is 16.7 Å². The second kappa shape index (κ2) is 6.01. The highest BCUT2D eigenvalue weighted by Crippen LogP contribution is 2.37. The summed E-state index contributed by atoms with van der Waals surface area (Å²) >= 11 is 0. The van der Waals surface area contributed by atoms with Crippen LogP contribution in [0.25, 0.3) is 11.2 Å². The fourth-order valence-corrected chi connectivity index (χ4v) is 3.00. The minimum absolute atomic E-state index is 0.0104. The van der Waals surface area contributed by atoms with Crippen LogP contribution in [0.2, 0.25) is 0 Å². The molecule has 3 heterocycles. The van der Waals surface area contributed by atoms with E-state index in [1.807, 2.05) is 0 Å². The van der Waals surface area contributed by atoms with Gasteiger partial charge in [-0.15, -0.1) is 0 Å². The number of hydrogen-bond acceptors (Lipinski definition) is 10. The number of imidazole rings is 1. The van der Waals surface area contributed by atoms with Crippen molar-refractivity contribution in [2.75, 3.05) is 12.3 Å². The van der Waals surface area contributed by atoms with Crippen molar-refractivity contribution in [3.8, 4) is 0 Å². The number of nitrogen functional groups attached to an aromatic ring is 1. The summed E-state index contributed by atoms with van der Waals surface area (Å²) in [6.07, 6.45) is -2.40. The molecule has 1 aliphatic rings. The number of aliphatic hydroxyl groups is 2. The Kier molecular flexibility index (Phi) is 4.30. The van der Waals surface area contributed by atoms with Crippen LogP contribution in [-0.2, 0) is 15.0 Å². The molecule has 2 aromatic heterocycles. The number of H-pyrrole nitrogens is 1. The lowest BCUT2D eigenvalue weighted by Crippen LogP contribution is -2.43. The molecule has 1 fully saturated rings. The number of fused-ring (bicyclic) bond motifs is 1. The Bertz CT molecular complexity index is 810. The molecule has 0 spiro atoms. The van der Waals surface area contributed by atoms with Gasteiger partial charge >= 0.3 is 0 Å². The SMILES string of the molecule is C[C@@]1(n2cnc3c(=O)[nH]c(N)nc32)O[C@H](COP(N)O)[C@@H](O)[C@H]1O. The maximum atomic E-state index is 11.9. The van der Waals surface area contributed by atoms with E-state index in [1.54, 1.807) is 0 Å². The quantitative estimate of drug-likeness (QED) is 0.322. The van der Waals surface area contributed by atoms with Crippen molar-refractivity contribution in [1.82, 2.24) is 19.5 Å². The molecule has 0 amide bonds. The number of nitrogens with zero attached hydrogens (tertiary/aromatic N) is 3. The van der Waals surface area contributed by atoms with Gasteiger partial charge in [0.25, 0.3) is 5.56 Å². The third-order valence-electron chi connectivity index (χ3n) is 3.92. The molecule has 0 aromatic carbocycles. The smallest absolute Gasteiger partial charge is 0.280 e. The first kappa shape index (κ1) is 17.2. The number of nitrogens with one attached hydrogen (secondary N) is 1.